The molecule has 0 saturated heterocycles. The van der Waals surface area contributed by atoms with Gasteiger partial charge in [-0.1, -0.05) is 25.1 Å². The van der Waals surface area contributed by atoms with Crippen molar-refractivity contribution in [1.29, 1.82) is 0 Å². The van der Waals surface area contributed by atoms with E-state index in [0.717, 1.165) is 16.5 Å². The van der Waals surface area contributed by atoms with E-state index < -0.39 is 0 Å². The lowest BCUT2D eigenvalue weighted by Gasteiger charge is -2.02. The van der Waals surface area contributed by atoms with Crippen LogP contribution in [0.4, 0.5) is 0 Å². The van der Waals surface area contributed by atoms with E-state index in [1.807, 2.05) is 37.3 Å². The molecule has 1 aromatic heterocycles. The molecule has 2 rings (SSSR count). The predicted octanol–water partition coefficient (Wildman–Crippen LogP) is 2.83. The van der Waals surface area contributed by atoms with Crippen molar-refractivity contribution in [3.8, 4) is 0 Å². The highest BCUT2D eigenvalue weighted by molar-refractivity contribution is 6.06. The lowest BCUT2D eigenvalue weighted by molar-refractivity contribution is 0.0989. The smallest absolute Gasteiger partial charge is 0.164 e. The molecule has 0 fully saturated rings. The summed E-state index contributed by atoms with van der Waals surface area (Å²) in [6, 6.07) is 9.54. The molecule has 0 amide bonds. The summed E-state index contributed by atoms with van der Waals surface area (Å²) in [5.74, 6) is 0.148. The summed E-state index contributed by atoms with van der Waals surface area (Å²) in [6.45, 7) is 1.87. The molecule has 1 heterocycles. The second kappa shape index (κ2) is 3.58. The first-order valence-corrected chi connectivity index (χ1v) is 4.70. The van der Waals surface area contributed by atoms with E-state index in [4.69, 9.17) is 0 Å². The zero-order valence-corrected chi connectivity index (χ0v) is 8.03. The van der Waals surface area contributed by atoms with E-state index >= 15 is 0 Å². The monoisotopic (exact) mass is 185 g/mol. The number of fused-ring (bicyclic) bond motifs is 1. The van der Waals surface area contributed by atoms with Crippen molar-refractivity contribution >= 4 is 16.7 Å². The van der Waals surface area contributed by atoms with Gasteiger partial charge < -0.3 is 0 Å². The van der Waals surface area contributed by atoms with Crippen molar-refractivity contribution in [3.05, 3.63) is 42.1 Å². The van der Waals surface area contributed by atoms with E-state index in [1.54, 1.807) is 6.20 Å². The number of rotatable bonds is 2. The number of nitrogens with zero attached hydrogens (tertiary/aromatic N) is 1. The molecule has 0 aliphatic rings. The summed E-state index contributed by atoms with van der Waals surface area (Å²) in [5.41, 5.74) is 1.53. The molecule has 0 saturated carbocycles. The summed E-state index contributed by atoms with van der Waals surface area (Å²) in [6.07, 6.45) is 2.24. The molecule has 1 aromatic carbocycles. The van der Waals surface area contributed by atoms with Gasteiger partial charge in [-0.2, -0.15) is 0 Å². The van der Waals surface area contributed by atoms with Crippen molar-refractivity contribution in [2.24, 2.45) is 0 Å². The van der Waals surface area contributed by atoms with Gasteiger partial charge in [-0.15, -0.1) is 0 Å². The minimum atomic E-state index is 0.148. The first-order chi connectivity index (χ1) is 6.83. The summed E-state index contributed by atoms with van der Waals surface area (Å²) < 4.78 is 0. The molecular weight excluding hydrogens is 174 g/mol. The first-order valence-electron chi connectivity index (χ1n) is 4.70. The van der Waals surface area contributed by atoms with E-state index in [1.165, 1.54) is 0 Å². The number of aromatic nitrogens is 1. The Labute approximate surface area is 82.6 Å². The molecular formula is C12H11NO. The first kappa shape index (κ1) is 8.88. The van der Waals surface area contributed by atoms with Crippen LogP contribution in [-0.4, -0.2) is 10.8 Å². The third-order valence-electron chi connectivity index (χ3n) is 2.25. The molecule has 0 atom stereocenters. The number of ketones is 1. The summed E-state index contributed by atoms with van der Waals surface area (Å²) in [4.78, 5) is 15.8. The molecule has 0 aliphatic carbocycles. The zero-order valence-electron chi connectivity index (χ0n) is 8.03. The third kappa shape index (κ3) is 1.39. The Morgan fingerprint density at radius 1 is 1.29 bits per heavy atom. The SMILES string of the molecule is CCC(=O)c1cccc2cccnc12. The Morgan fingerprint density at radius 3 is 2.86 bits per heavy atom. The highest BCUT2D eigenvalue weighted by Crippen LogP contribution is 2.16. The summed E-state index contributed by atoms with van der Waals surface area (Å²) in [5, 5.41) is 1.02. The Hall–Kier alpha value is -1.70. The van der Waals surface area contributed by atoms with E-state index in [9.17, 15) is 4.79 Å². The average Bonchev–Trinajstić information content (AvgIpc) is 2.27. The van der Waals surface area contributed by atoms with Gasteiger partial charge in [-0.05, 0) is 12.1 Å². The number of Topliss-reactive ketones (excluding diaryl/α,β-unsaturated/α-hetero) is 1. The molecule has 2 nitrogen and oxygen atoms in total. The van der Waals surface area contributed by atoms with Crippen molar-refractivity contribution in [3.63, 3.8) is 0 Å². The second-order valence-corrected chi connectivity index (χ2v) is 3.16. The van der Waals surface area contributed by atoms with Gasteiger partial charge in [0, 0.05) is 23.6 Å². The molecule has 0 spiro atoms. The lowest BCUT2D eigenvalue weighted by atomic mass is 10.0. The molecule has 0 bridgehead atoms. The van der Waals surface area contributed by atoms with Crippen molar-refractivity contribution in [2.75, 3.05) is 0 Å². The van der Waals surface area contributed by atoms with E-state index in [-0.39, 0.29) is 5.78 Å². The van der Waals surface area contributed by atoms with Gasteiger partial charge in [0.1, 0.15) is 0 Å². The highest BCUT2D eigenvalue weighted by atomic mass is 16.1. The number of benzene rings is 1. The maximum atomic E-state index is 11.6. The standard InChI is InChI=1S/C12H11NO/c1-2-11(14)10-7-3-5-9-6-4-8-13-12(9)10/h3-8H,2H2,1H3. The van der Waals surface area contributed by atoms with Crippen LogP contribution in [0.15, 0.2) is 36.5 Å². The fraction of sp³-hybridized carbons (Fsp3) is 0.167. The second-order valence-electron chi connectivity index (χ2n) is 3.16. The van der Waals surface area contributed by atoms with Crippen molar-refractivity contribution in [1.82, 2.24) is 4.98 Å². The normalized spacial score (nSPS) is 10.4. The molecule has 2 heteroatoms. The fourth-order valence-electron chi connectivity index (χ4n) is 1.52. The van der Waals surface area contributed by atoms with Crippen LogP contribution < -0.4 is 0 Å². The Balaban J connectivity index is 2.71. The van der Waals surface area contributed by atoms with Crippen LogP contribution in [0.2, 0.25) is 0 Å². The summed E-state index contributed by atoms with van der Waals surface area (Å²) >= 11 is 0. The zero-order chi connectivity index (χ0) is 9.97. The maximum absolute atomic E-state index is 11.6. The molecule has 0 aliphatic heterocycles. The van der Waals surface area contributed by atoms with Gasteiger partial charge in [0.25, 0.3) is 0 Å². The quantitative estimate of drug-likeness (QED) is 0.673. The predicted molar refractivity (Wildman–Crippen MR) is 56.4 cm³/mol. The van der Waals surface area contributed by atoms with E-state index in [0.29, 0.717) is 6.42 Å². The molecule has 0 unspecified atom stereocenters. The molecule has 0 radical (unpaired) electrons. The topological polar surface area (TPSA) is 30.0 Å². The Kier molecular flexibility index (Phi) is 2.27. The van der Waals surface area contributed by atoms with Gasteiger partial charge in [-0.3, -0.25) is 9.78 Å². The van der Waals surface area contributed by atoms with Crippen LogP contribution >= 0.6 is 0 Å². The number of para-hydroxylation sites is 1. The van der Waals surface area contributed by atoms with Crippen LogP contribution in [0.5, 0.6) is 0 Å². The van der Waals surface area contributed by atoms with Crippen LogP contribution in [0.1, 0.15) is 23.7 Å². The minimum absolute atomic E-state index is 0.148. The van der Waals surface area contributed by atoms with Gasteiger partial charge in [0.2, 0.25) is 0 Å². The van der Waals surface area contributed by atoms with E-state index in [2.05, 4.69) is 4.98 Å². The fourth-order valence-corrected chi connectivity index (χ4v) is 1.52. The lowest BCUT2D eigenvalue weighted by Crippen LogP contribution is -1.98. The number of hydrogen-bond acceptors (Lipinski definition) is 2. The van der Waals surface area contributed by atoms with Crippen molar-refractivity contribution < 1.29 is 4.79 Å². The number of pyridine rings is 1. The average molecular weight is 185 g/mol. The van der Waals surface area contributed by atoms with Crippen LogP contribution in [0.3, 0.4) is 0 Å². The van der Waals surface area contributed by atoms with Crippen molar-refractivity contribution in [2.45, 2.75) is 13.3 Å². The number of hydrogen-bond donors (Lipinski definition) is 0. The molecule has 14 heavy (non-hydrogen) atoms. The molecule has 70 valence electrons. The van der Waals surface area contributed by atoms with Crippen LogP contribution in [0.25, 0.3) is 10.9 Å². The molecule has 2 aromatic rings. The van der Waals surface area contributed by atoms with Gasteiger partial charge in [-0.25, -0.2) is 0 Å². The largest absolute Gasteiger partial charge is 0.294 e. The number of carbonyl (C=O) groups excluding carboxylic acids is 1. The van der Waals surface area contributed by atoms with Gasteiger partial charge >= 0.3 is 0 Å². The van der Waals surface area contributed by atoms with Gasteiger partial charge in [0.05, 0.1) is 5.52 Å². The Bertz CT molecular complexity index is 471. The number of carbonyl (C=O) groups is 1. The third-order valence-corrected chi connectivity index (χ3v) is 2.25. The minimum Gasteiger partial charge on any atom is -0.294 e. The van der Waals surface area contributed by atoms with Crippen LogP contribution in [0, 0.1) is 0 Å². The highest BCUT2D eigenvalue weighted by Gasteiger charge is 2.07. The van der Waals surface area contributed by atoms with Crippen LogP contribution in [-0.2, 0) is 0 Å². The summed E-state index contributed by atoms with van der Waals surface area (Å²) in [7, 11) is 0. The van der Waals surface area contributed by atoms with Gasteiger partial charge in [0.15, 0.2) is 5.78 Å². The Morgan fingerprint density at radius 2 is 2.07 bits per heavy atom. The molecule has 0 N–H and O–H groups in total. The maximum Gasteiger partial charge on any atom is 0.164 e.